The minimum Gasteiger partial charge on any atom is -0.318 e. The van der Waals surface area contributed by atoms with E-state index in [2.05, 4.69) is 10.3 Å². The summed E-state index contributed by atoms with van der Waals surface area (Å²) in [7, 11) is 0. The van der Waals surface area contributed by atoms with Gasteiger partial charge in [-0.3, -0.25) is 24.8 Å². The molecule has 6 nitrogen and oxygen atoms in total. The van der Waals surface area contributed by atoms with Crippen molar-refractivity contribution in [3.05, 3.63) is 82.4 Å². The number of halogens is 1. The van der Waals surface area contributed by atoms with E-state index in [1.165, 1.54) is 4.90 Å². The summed E-state index contributed by atoms with van der Waals surface area (Å²) in [6.07, 6.45) is 5.03. The molecule has 3 aromatic rings. The molecular weight excluding hydrogens is 420 g/mol. The first-order valence-corrected chi connectivity index (χ1v) is 9.92. The summed E-state index contributed by atoms with van der Waals surface area (Å²) in [5, 5.41) is 3.17. The zero-order valence-corrected chi connectivity index (χ0v) is 17.8. The van der Waals surface area contributed by atoms with E-state index in [9.17, 15) is 9.59 Å². The SMILES string of the molecule is Cc1cc(C=C2C(=O)NC(=S)N(c3ccc(Cl)cc3)C2=O)c(C)n1-c1ccncc1. The lowest BCUT2D eigenvalue weighted by atomic mass is 10.1. The molecule has 1 aliphatic heterocycles. The summed E-state index contributed by atoms with van der Waals surface area (Å²) in [6.45, 7) is 3.90. The van der Waals surface area contributed by atoms with Gasteiger partial charge in [0, 0.05) is 34.5 Å². The Morgan fingerprint density at radius 2 is 1.70 bits per heavy atom. The second-order valence-electron chi connectivity index (χ2n) is 6.80. The van der Waals surface area contributed by atoms with Crippen LogP contribution in [0.1, 0.15) is 17.0 Å². The van der Waals surface area contributed by atoms with Gasteiger partial charge >= 0.3 is 0 Å². The van der Waals surface area contributed by atoms with Crippen molar-refractivity contribution in [2.45, 2.75) is 13.8 Å². The fraction of sp³-hybridized carbons (Fsp3) is 0.0909. The molecule has 0 aliphatic carbocycles. The lowest BCUT2D eigenvalue weighted by Crippen LogP contribution is -2.54. The first kappa shape index (κ1) is 20.0. The van der Waals surface area contributed by atoms with E-state index in [4.69, 9.17) is 23.8 Å². The van der Waals surface area contributed by atoms with E-state index in [0.29, 0.717) is 10.7 Å². The molecule has 8 heteroatoms. The number of rotatable bonds is 3. The summed E-state index contributed by atoms with van der Waals surface area (Å²) < 4.78 is 2.04. The third kappa shape index (κ3) is 3.53. The first-order chi connectivity index (χ1) is 14.4. The number of hydrogen-bond acceptors (Lipinski definition) is 4. The van der Waals surface area contributed by atoms with E-state index in [0.717, 1.165) is 22.6 Å². The van der Waals surface area contributed by atoms with Crippen LogP contribution in [0.3, 0.4) is 0 Å². The van der Waals surface area contributed by atoms with Gasteiger partial charge in [-0.15, -0.1) is 0 Å². The van der Waals surface area contributed by atoms with Gasteiger partial charge in [0.2, 0.25) is 0 Å². The molecule has 0 saturated carbocycles. The van der Waals surface area contributed by atoms with Crippen LogP contribution in [0.2, 0.25) is 5.02 Å². The number of aryl methyl sites for hydroxylation is 1. The Balaban J connectivity index is 1.76. The van der Waals surface area contributed by atoms with Gasteiger partial charge in [-0.05, 0) is 80.2 Å². The predicted molar refractivity (Wildman–Crippen MR) is 121 cm³/mol. The van der Waals surface area contributed by atoms with E-state index in [1.54, 1.807) is 42.7 Å². The van der Waals surface area contributed by atoms with E-state index in [1.807, 2.05) is 36.6 Å². The number of carbonyl (C=O) groups excluding carboxylic acids is 2. The summed E-state index contributed by atoms with van der Waals surface area (Å²) >= 11 is 11.2. The predicted octanol–water partition coefficient (Wildman–Crippen LogP) is 3.97. The maximum atomic E-state index is 13.2. The number of nitrogens with zero attached hydrogens (tertiary/aromatic N) is 3. The molecular formula is C22H17ClN4O2S. The fourth-order valence-corrected chi connectivity index (χ4v) is 3.87. The Hall–Kier alpha value is -3.29. The first-order valence-electron chi connectivity index (χ1n) is 9.13. The highest BCUT2D eigenvalue weighted by molar-refractivity contribution is 7.80. The third-order valence-corrected chi connectivity index (χ3v) is 5.41. The number of amides is 2. The molecule has 3 heterocycles. The smallest absolute Gasteiger partial charge is 0.270 e. The van der Waals surface area contributed by atoms with Crippen LogP contribution in [0.4, 0.5) is 5.69 Å². The van der Waals surface area contributed by atoms with Crippen molar-refractivity contribution in [3.63, 3.8) is 0 Å². The molecule has 1 aromatic carbocycles. The summed E-state index contributed by atoms with van der Waals surface area (Å²) in [4.78, 5) is 31.1. The summed E-state index contributed by atoms with van der Waals surface area (Å²) in [5.41, 5.74) is 4.13. The molecule has 1 saturated heterocycles. The second-order valence-corrected chi connectivity index (χ2v) is 7.62. The summed E-state index contributed by atoms with van der Waals surface area (Å²) in [5.74, 6) is -1.01. The Labute approximate surface area is 183 Å². The van der Waals surface area contributed by atoms with Gasteiger partial charge in [0.15, 0.2) is 5.11 Å². The van der Waals surface area contributed by atoms with Gasteiger partial charge in [0.25, 0.3) is 11.8 Å². The van der Waals surface area contributed by atoms with Crippen LogP contribution in [-0.2, 0) is 9.59 Å². The number of hydrogen-bond donors (Lipinski definition) is 1. The van der Waals surface area contributed by atoms with Gasteiger partial charge < -0.3 is 4.57 Å². The molecule has 1 aliphatic rings. The molecule has 2 amide bonds. The van der Waals surface area contributed by atoms with Crippen LogP contribution in [-0.4, -0.2) is 26.5 Å². The van der Waals surface area contributed by atoms with Crippen molar-refractivity contribution >= 4 is 52.5 Å². The number of anilines is 1. The normalized spacial score (nSPS) is 15.6. The molecule has 0 atom stereocenters. The highest BCUT2D eigenvalue weighted by Crippen LogP contribution is 2.26. The van der Waals surface area contributed by atoms with Crippen LogP contribution in [0.25, 0.3) is 11.8 Å². The van der Waals surface area contributed by atoms with Crippen molar-refractivity contribution in [3.8, 4) is 5.69 Å². The van der Waals surface area contributed by atoms with Crippen molar-refractivity contribution in [1.82, 2.24) is 14.9 Å². The number of benzene rings is 1. The average molecular weight is 437 g/mol. The Morgan fingerprint density at radius 1 is 1.03 bits per heavy atom. The van der Waals surface area contributed by atoms with E-state index in [-0.39, 0.29) is 10.7 Å². The maximum Gasteiger partial charge on any atom is 0.270 e. The highest BCUT2D eigenvalue weighted by atomic mass is 35.5. The van der Waals surface area contributed by atoms with E-state index < -0.39 is 11.8 Å². The van der Waals surface area contributed by atoms with Crippen LogP contribution >= 0.6 is 23.8 Å². The quantitative estimate of drug-likeness (QED) is 0.383. The molecule has 150 valence electrons. The van der Waals surface area contributed by atoms with Gasteiger partial charge in [-0.1, -0.05) is 11.6 Å². The monoisotopic (exact) mass is 436 g/mol. The van der Waals surface area contributed by atoms with Gasteiger partial charge in [-0.2, -0.15) is 0 Å². The number of pyridine rings is 1. The minimum atomic E-state index is -0.524. The van der Waals surface area contributed by atoms with Crippen molar-refractivity contribution in [2.24, 2.45) is 0 Å². The molecule has 2 aromatic heterocycles. The lowest BCUT2D eigenvalue weighted by molar-refractivity contribution is -0.122. The Morgan fingerprint density at radius 3 is 2.37 bits per heavy atom. The molecule has 0 unspecified atom stereocenters. The fourth-order valence-electron chi connectivity index (χ4n) is 3.46. The highest BCUT2D eigenvalue weighted by Gasteiger charge is 2.34. The largest absolute Gasteiger partial charge is 0.318 e. The number of nitrogens with one attached hydrogen (secondary N) is 1. The minimum absolute atomic E-state index is 0.00790. The Kier molecular flexibility index (Phi) is 5.24. The molecule has 0 radical (unpaired) electrons. The third-order valence-electron chi connectivity index (χ3n) is 4.88. The summed E-state index contributed by atoms with van der Waals surface area (Å²) in [6, 6.07) is 12.4. The van der Waals surface area contributed by atoms with Crippen molar-refractivity contribution < 1.29 is 9.59 Å². The maximum absolute atomic E-state index is 13.2. The molecule has 1 fully saturated rings. The molecule has 4 rings (SSSR count). The molecule has 0 bridgehead atoms. The molecule has 1 N–H and O–H groups in total. The van der Waals surface area contributed by atoms with Gasteiger partial charge in [0.1, 0.15) is 5.57 Å². The molecule has 0 spiro atoms. The lowest BCUT2D eigenvalue weighted by Gasteiger charge is -2.28. The van der Waals surface area contributed by atoms with Crippen molar-refractivity contribution in [2.75, 3.05) is 4.90 Å². The Bertz CT molecular complexity index is 1200. The molecule has 30 heavy (non-hydrogen) atoms. The number of aromatic nitrogens is 2. The van der Waals surface area contributed by atoms with Crippen molar-refractivity contribution in [1.29, 1.82) is 0 Å². The number of thiocarbonyl (C=S) groups is 1. The zero-order valence-electron chi connectivity index (χ0n) is 16.2. The average Bonchev–Trinajstić information content (AvgIpc) is 3.00. The topological polar surface area (TPSA) is 67.2 Å². The van der Waals surface area contributed by atoms with Crippen LogP contribution in [0, 0.1) is 13.8 Å². The number of carbonyl (C=O) groups is 2. The van der Waals surface area contributed by atoms with Gasteiger partial charge in [0.05, 0.1) is 5.69 Å². The zero-order chi connectivity index (χ0) is 21.4. The van der Waals surface area contributed by atoms with Gasteiger partial charge in [-0.25, -0.2) is 0 Å². The van der Waals surface area contributed by atoms with E-state index >= 15 is 0 Å². The standard InChI is InChI=1S/C22H17ClN4O2S/c1-13-11-15(14(2)26(13)18-7-9-24-10-8-18)12-19-20(28)25-22(30)27(21(19)29)17-5-3-16(23)4-6-17/h3-12H,1-2H3,(H,25,28,30). The van der Waals surface area contributed by atoms with Crippen LogP contribution in [0.5, 0.6) is 0 Å². The second kappa shape index (κ2) is 7.85. The van der Waals surface area contributed by atoms with Crippen LogP contribution in [0.15, 0.2) is 60.4 Å². The van der Waals surface area contributed by atoms with Crippen LogP contribution < -0.4 is 10.2 Å².